The van der Waals surface area contributed by atoms with Crippen molar-refractivity contribution >= 4 is 5.91 Å². The van der Waals surface area contributed by atoms with Gasteiger partial charge in [-0.3, -0.25) is 9.69 Å². The first-order chi connectivity index (χ1) is 13.2. The van der Waals surface area contributed by atoms with Gasteiger partial charge >= 0.3 is 0 Å². The number of rotatable bonds is 8. The summed E-state index contributed by atoms with van der Waals surface area (Å²) in [4.78, 5) is 14.9. The number of ether oxygens (including phenoxy) is 1. The molecule has 0 bridgehead atoms. The van der Waals surface area contributed by atoms with Crippen LogP contribution in [0.4, 0.5) is 0 Å². The maximum atomic E-state index is 12.4. The van der Waals surface area contributed by atoms with E-state index in [4.69, 9.17) is 4.74 Å². The average molecular weight is 367 g/mol. The Morgan fingerprint density at radius 3 is 2.59 bits per heavy atom. The van der Waals surface area contributed by atoms with Crippen molar-refractivity contribution in [3.63, 3.8) is 0 Å². The number of likely N-dealkylation sites (tertiary alicyclic amines) is 1. The maximum absolute atomic E-state index is 12.4. The number of nitrogens with zero attached hydrogens (tertiary/aromatic N) is 1. The van der Waals surface area contributed by atoms with Crippen LogP contribution in [0.3, 0.4) is 0 Å². The van der Waals surface area contributed by atoms with E-state index >= 15 is 0 Å². The zero-order valence-electron chi connectivity index (χ0n) is 16.4. The number of nitrogens with one attached hydrogen (secondary N) is 1. The van der Waals surface area contributed by atoms with Gasteiger partial charge in [0.1, 0.15) is 5.75 Å². The monoisotopic (exact) mass is 366 g/mol. The van der Waals surface area contributed by atoms with Crippen molar-refractivity contribution in [3.05, 3.63) is 65.2 Å². The number of methoxy groups -OCH3 is 1. The summed E-state index contributed by atoms with van der Waals surface area (Å²) in [5, 5.41) is 3.16. The Kier molecular flexibility index (Phi) is 6.88. The van der Waals surface area contributed by atoms with Crippen LogP contribution in [-0.2, 0) is 11.2 Å². The van der Waals surface area contributed by atoms with Crippen molar-refractivity contribution in [2.75, 3.05) is 26.7 Å². The predicted molar refractivity (Wildman–Crippen MR) is 109 cm³/mol. The van der Waals surface area contributed by atoms with E-state index in [1.807, 2.05) is 24.3 Å². The molecule has 2 aromatic carbocycles. The van der Waals surface area contributed by atoms with E-state index < -0.39 is 0 Å². The first kappa shape index (κ1) is 19.4. The van der Waals surface area contributed by atoms with Crippen LogP contribution in [0.5, 0.6) is 5.75 Å². The van der Waals surface area contributed by atoms with Gasteiger partial charge in [-0.25, -0.2) is 0 Å². The van der Waals surface area contributed by atoms with Crippen molar-refractivity contribution in [2.24, 2.45) is 0 Å². The van der Waals surface area contributed by atoms with Gasteiger partial charge < -0.3 is 10.1 Å². The lowest BCUT2D eigenvalue weighted by molar-refractivity contribution is -0.121. The molecule has 0 aliphatic carbocycles. The second-order valence-corrected chi connectivity index (χ2v) is 7.33. The van der Waals surface area contributed by atoms with Crippen LogP contribution < -0.4 is 10.1 Å². The molecule has 1 N–H and O–H groups in total. The molecule has 0 spiro atoms. The quantitative estimate of drug-likeness (QED) is 0.771. The van der Waals surface area contributed by atoms with E-state index in [2.05, 4.69) is 41.4 Å². The van der Waals surface area contributed by atoms with Crippen molar-refractivity contribution in [1.29, 1.82) is 0 Å². The molecule has 1 fully saturated rings. The van der Waals surface area contributed by atoms with Crippen LogP contribution in [0.1, 0.15) is 42.0 Å². The van der Waals surface area contributed by atoms with E-state index in [0.717, 1.165) is 30.8 Å². The molecule has 3 rings (SSSR count). The summed E-state index contributed by atoms with van der Waals surface area (Å²) in [6.07, 6.45) is 3.70. The van der Waals surface area contributed by atoms with Gasteiger partial charge in [-0.2, -0.15) is 0 Å². The lowest BCUT2D eigenvalue weighted by Gasteiger charge is -2.28. The molecule has 1 saturated heterocycles. The lowest BCUT2D eigenvalue weighted by Crippen LogP contribution is -2.36. The largest absolute Gasteiger partial charge is 0.497 e. The molecule has 144 valence electrons. The third-order valence-electron chi connectivity index (χ3n) is 5.31. The highest BCUT2D eigenvalue weighted by atomic mass is 16.5. The molecule has 1 amide bonds. The zero-order chi connectivity index (χ0) is 19.1. The molecule has 2 aromatic rings. The Bertz CT molecular complexity index is 736. The lowest BCUT2D eigenvalue weighted by atomic mass is 10.0. The molecule has 1 aliphatic rings. The van der Waals surface area contributed by atoms with Gasteiger partial charge in [0.15, 0.2) is 0 Å². The highest BCUT2D eigenvalue weighted by molar-refractivity contribution is 5.76. The minimum absolute atomic E-state index is 0.106. The van der Waals surface area contributed by atoms with Crippen molar-refractivity contribution < 1.29 is 9.53 Å². The molecule has 0 aromatic heterocycles. The summed E-state index contributed by atoms with van der Waals surface area (Å²) < 4.78 is 5.25. The van der Waals surface area contributed by atoms with Crippen LogP contribution in [0.2, 0.25) is 0 Å². The number of aryl methyl sites for hydroxylation is 2. The second kappa shape index (κ2) is 9.56. The Hall–Kier alpha value is -2.33. The normalized spacial score (nSPS) is 15.5. The van der Waals surface area contributed by atoms with Crippen molar-refractivity contribution in [3.8, 4) is 5.75 Å². The zero-order valence-corrected chi connectivity index (χ0v) is 16.4. The number of amides is 1. The Labute approximate surface area is 162 Å². The molecule has 4 heteroatoms. The molecule has 1 unspecified atom stereocenters. The molecule has 0 saturated carbocycles. The van der Waals surface area contributed by atoms with Gasteiger partial charge in [-0.05, 0) is 62.5 Å². The average Bonchev–Trinajstić information content (AvgIpc) is 3.22. The second-order valence-electron chi connectivity index (χ2n) is 7.33. The fourth-order valence-electron chi connectivity index (χ4n) is 3.68. The minimum Gasteiger partial charge on any atom is -0.497 e. The molecule has 27 heavy (non-hydrogen) atoms. The van der Waals surface area contributed by atoms with Crippen LogP contribution in [-0.4, -0.2) is 37.6 Å². The topological polar surface area (TPSA) is 41.6 Å². The summed E-state index contributed by atoms with van der Waals surface area (Å²) in [5.74, 6) is 0.940. The van der Waals surface area contributed by atoms with Gasteiger partial charge in [0, 0.05) is 13.0 Å². The van der Waals surface area contributed by atoms with E-state index in [-0.39, 0.29) is 11.9 Å². The van der Waals surface area contributed by atoms with E-state index in [0.29, 0.717) is 13.0 Å². The molecule has 1 aliphatic heterocycles. The number of carbonyl (C=O) groups excluding carboxylic acids is 1. The summed E-state index contributed by atoms with van der Waals surface area (Å²) in [6.45, 7) is 4.99. The molecular weight excluding hydrogens is 336 g/mol. The standard InChI is InChI=1S/C23H30N2O2/c1-18-8-11-20(12-9-18)22(25-14-3-4-15-25)17-24-23(26)13-10-19-6-5-7-21(16-19)27-2/h5-9,11-12,16,22H,3-4,10,13-15,17H2,1-2H3,(H,24,26). The Morgan fingerprint density at radius 1 is 1.15 bits per heavy atom. The molecular formula is C23H30N2O2. The van der Waals surface area contributed by atoms with Crippen LogP contribution in [0.15, 0.2) is 48.5 Å². The van der Waals surface area contributed by atoms with Crippen LogP contribution in [0, 0.1) is 6.92 Å². The number of carbonyl (C=O) groups is 1. The van der Waals surface area contributed by atoms with E-state index in [1.165, 1.54) is 24.0 Å². The summed E-state index contributed by atoms with van der Waals surface area (Å²) >= 11 is 0. The fraction of sp³-hybridized carbons (Fsp3) is 0.435. The highest BCUT2D eigenvalue weighted by Gasteiger charge is 2.23. The van der Waals surface area contributed by atoms with Gasteiger partial charge in [-0.15, -0.1) is 0 Å². The van der Waals surface area contributed by atoms with Gasteiger partial charge in [-0.1, -0.05) is 42.0 Å². The number of hydrogen-bond acceptors (Lipinski definition) is 3. The molecule has 0 radical (unpaired) electrons. The smallest absolute Gasteiger partial charge is 0.220 e. The number of benzene rings is 2. The SMILES string of the molecule is COc1cccc(CCC(=O)NCC(c2ccc(C)cc2)N2CCCC2)c1. The predicted octanol–water partition coefficient (Wildman–Crippen LogP) is 3.89. The molecule has 1 atom stereocenters. The van der Waals surface area contributed by atoms with Crippen molar-refractivity contribution in [2.45, 2.75) is 38.6 Å². The molecule has 4 nitrogen and oxygen atoms in total. The van der Waals surface area contributed by atoms with Crippen LogP contribution >= 0.6 is 0 Å². The summed E-state index contributed by atoms with van der Waals surface area (Å²) in [7, 11) is 1.66. The highest BCUT2D eigenvalue weighted by Crippen LogP contribution is 2.25. The van der Waals surface area contributed by atoms with Crippen LogP contribution in [0.25, 0.3) is 0 Å². The van der Waals surface area contributed by atoms with Crippen molar-refractivity contribution in [1.82, 2.24) is 10.2 Å². The van der Waals surface area contributed by atoms with E-state index in [9.17, 15) is 4.79 Å². The summed E-state index contributed by atoms with van der Waals surface area (Å²) in [5.41, 5.74) is 3.68. The van der Waals surface area contributed by atoms with Gasteiger partial charge in [0.05, 0.1) is 13.2 Å². The third-order valence-corrected chi connectivity index (χ3v) is 5.31. The minimum atomic E-state index is 0.106. The van der Waals surface area contributed by atoms with Gasteiger partial charge in [0.2, 0.25) is 5.91 Å². The Balaban J connectivity index is 1.55. The molecule has 1 heterocycles. The fourth-order valence-corrected chi connectivity index (χ4v) is 3.68. The van der Waals surface area contributed by atoms with E-state index in [1.54, 1.807) is 7.11 Å². The first-order valence-electron chi connectivity index (χ1n) is 9.86. The first-order valence-corrected chi connectivity index (χ1v) is 9.86. The third kappa shape index (κ3) is 5.57. The Morgan fingerprint density at radius 2 is 1.89 bits per heavy atom. The maximum Gasteiger partial charge on any atom is 0.220 e. The van der Waals surface area contributed by atoms with Gasteiger partial charge in [0.25, 0.3) is 0 Å². The summed E-state index contributed by atoms with van der Waals surface area (Å²) in [6, 6.07) is 16.9. The number of hydrogen-bond donors (Lipinski definition) is 1.